The molecular formula is C22H26IN3O2. The molecule has 1 amide bonds. The van der Waals surface area contributed by atoms with Gasteiger partial charge in [0.2, 0.25) is 0 Å². The number of nitrogens with zero attached hydrogens (tertiary/aromatic N) is 2. The Balaban J connectivity index is 1.76. The predicted octanol–water partition coefficient (Wildman–Crippen LogP) is 4.87. The predicted molar refractivity (Wildman–Crippen MR) is 122 cm³/mol. The first kappa shape index (κ1) is 20.6. The molecule has 0 aliphatic carbocycles. The van der Waals surface area contributed by atoms with Gasteiger partial charge in [-0.1, -0.05) is 13.0 Å². The van der Waals surface area contributed by atoms with E-state index < -0.39 is 0 Å². The average Bonchev–Trinajstić information content (AvgIpc) is 2.64. The number of amides is 1. The topological polar surface area (TPSA) is 64.9 Å². The molecule has 3 rings (SSSR count). The second-order valence-corrected chi connectivity index (χ2v) is 9.01. The smallest absolute Gasteiger partial charge is 0.271 e. The third-order valence-corrected chi connectivity index (χ3v) is 6.23. The van der Waals surface area contributed by atoms with Crippen LogP contribution in [0.5, 0.6) is 5.75 Å². The summed E-state index contributed by atoms with van der Waals surface area (Å²) in [6.45, 7) is 10.0. The van der Waals surface area contributed by atoms with Crippen LogP contribution in [0.4, 0.5) is 5.69 Å². The van der Waals surface area contributed by atoms with Crippen molar-refractivity contribution in [2.45, 2.75) is 45.6 Å². The fraction of sp³-hybridized carbons (Fsp3) is 0.364. The van der Waals surface area contributed by atoms with Gasteiger partial charge in [0.15, 0.2) is 0 Å². The molecular weight excluding hydrogens is 465 g/mol. The van der Waals surface area contributed by atoms with Crippen molar-refractivity contribution < 1.29 is 9.90 Å². The highest BCUT2D eigenvalue weighted by atomic mass is 127. The maximum atomic E-state index is 12.2. The van der Waals surface area contributed by atoms with E-state index in [1.165, 1.54) is 17.3 Å². The molecule has 0 aromatic heterocycles. The molecule has 2 N–H and O–H groups in total. The first-order chi connectivity index (χ1) is 13.2. The molecule has 1 atom stereocenters. The second kappa shape index (κ2) is 8.11. The van der Waals surface area contributed by atoms with Crippen LogP contribution < -0.4 is 10.3 Å². The molecule has 0 fully saturated rings. The maximum Gasteiger partial charge on any atom is 0.271 e. The van der Waals surface area contributed by atoms with E-state index >= 15 is 0 Å². The minimum Gasteiger partial charge on any atom is -0.507 e. The molecule has 6 heteroatoms. The van der Waals surface area contributed by atoms with Crippen LogP contribution in [-0.2, 0) is 0 Å². The number of hydrogen-bond donors (Lipinski definition) is 2. The number of hydrogen-bond acceptors (Lipinski definition) is 4. The Morgan fingerprint density at radius 1 is 1.36 bits per heavy atom. The lowest BCUT2D eigenvalue weighted by atomic mass is 9.79. The standard InChI is InChI=1S/C22H26IN3O2/c1-5-26-19-9-6-15(10-17(19)14(2)12-22(26,3)4)13-24-25-21(28)16-7-8-18(23)20(27)11-16/h6-11,13-14,27H,5,12H2,1-4H3,(H,25,28)/b24-13-. The zero-order valence-corrected chi connectivity index (χ0v) is 18.8. The van der Waals surface area contributed by atoms with Crippen LogP contribution in [0, 0.1) is 3.57 Å². The number of hydrazone groups is 1. The van der Waals surface area contributed by atoms with E-state index in [4.69, 9.17) is 0 Å². The van der Waals surface area contributed by atoms with Crippen molar-refractivity contribution in [3.8, 4) is 5.75 Å². The Morgan fingerprint density at radius 2 is 2.11 bits per heavy atom. The third-order valence-electron chi connectivity index (χ3n) is 5.31. The molecule has 1 unspecified atom stereocenters. The van der Waals surface area contributed by atoms with Gasteiger partial charge >= 0.3 is 0 Å². The van der Waals surface area contributed by atoms with Crippen molar-refractivity contribution in [2.24, 2.45) is 5.10 Å². The lowest BCUT2D eigenvalue weighted by molar-refractivity contribution is 0.0954. The average molecular weight is 491 g/mol. The normalized spacial score (nSPS) is 18.2. The number of halogens is 1. The van der Waals surface area contributed by atoms with Crippen molar-refractivity contribution in [2.75, 3.05) is 11.4 Å². The van der Waals surface area contributed by atoms with Crippen molar-refractivity contribution in [1.29, 1.82) is 0 Å². The number of phenolic OH excluding ortho intramolecular Hbond substituents is 1. The van der Waals surface area contributed by atoms with Gasteiger partial charge in [-0.15, -0.1) is 0 Å². The first-order valence-corrected chi connectivity index (χ1v) is 10.5. The molecule has 148 valence electrons. The van der Waals surface area contributed by atoms with Crippen LogP contribution in [0.15, 0.2) is 41.5 Å². The fourth-order valence-corrected chi connectivity index (χ4v) is 4.41. The van der Waals surface area contributed by atoms with Crippen LogP contribution >= 0.6 is 22.6 Å². The number of anilines is 1. The summed E-state index contributed by atoms with van der Waals surface area (Å²) in [6.07, 6.45) is 2.76. The molecule has 1 heterocycles. The van der Waals surface area contributed by atoms with Crippen molar-refractivity contribution in [3.63, 3.8) is 0 Å². The van der Waals surface area contributed by atoms with Crippen molar-refractivity contribution >= 4 is 40.4 Å². The largest absolute Gasteiger partial charge is 0.507 e. The van der Waals surface area contributed by atoms with Crippen molar-refractivity contribution in [1.82, 2.24) is 5.43 Å². The summed E-state index contributed by atoms with van der Waals surface area (Å²) < 4.78 is 0.699. The molecule has 0 spiro atoms. The van der Waals surface area contributed by atoms with Gasteiger partial charge in [-0.05, 0) is 97.2 Å². The van der Waals surface area contributed by atoms with Gasteiger partial charge in [0.05, 0.1) is 9.78 Å². The lowest BCUT2D eigenvalue weighted by Crippen LogP contribution is -2.48. The van der Waals surface area contributed by atoms with Gasteiger partial charge in [-0.2, -0.15) is 5.10 Å². The molecule has 1 aliphatic heterocycles. The fourth-order valence-electron chi connectivity index (χ4n) is 4.07. The zero-order chi connectivity index (χ0) is 20.5. The van der Waals surface area contributed by atoms with E-state index in [0.717, 1.165) is 18.5 Å². The molecule has 0 saturated heterocycles. The summed E-state index contributed by atoms with van der Waals surface area (Å²) in [6, 6.07) is 11.1. The summed E-state index contributed by atoms with van der Waals surface area (Å²) >= 11 is 2.01. The van der Waals surface area contributed by atoms with Crippen molar-refractivity contribution in [3.05, 3.63) is 56.7 Å². The van der Waals surface area contributed by atoms with E-state index in [-0.39, 0.29) is 17.2 Å². The second-order valence-electron chi connectivity index (χ2n) is 7.85. The molecule has 5 nitrogen and oxygen atoms in total. The molecule has 1 aliphatic rings. The Labute approximate surface area is 180 Å². The number of fused-ring (bicyclic) bond motifs is 1. The summed E-state index contributed by atoms with van der Waals surface area (Å²) in [5.41, 5.74) is 6.59. The minimum atomic E-state index is -0.354. The number of rotatable bonds is 4. The third kappa shape index (κ3) is 4.16. The molecule has 2 aromatic carbocycles. The van der Waals surface area contributed by atoms with Gasteiger partial charge < -0.3 is 10.0 Å². The van der Waals surface area contributed by atoms with Gasteiger partial charge in [0.25, 0.3) is 5.91 Å². The van der Waals surface area contributed by atoms with E-state index in [1.54, 1.807) is 18.3 Å². The van der Waals surface area contributed by atoms with E-state index in [0.29, 0.717) is 15.1 Å². The lowest BCUT2D eigenvalue weighted by Gasteiger charge is -2.47. The van der Waals surface area contributed by atoms with Gasteiger partial charge in [-0.3, -0.25) is 4.79 Å². The monoisotopic (exact) mass is 491 g/mol. The number of carbonyl (C=O) groups excluding carboxylic acids is 1. The zero-order valence-electron chi connectivity index (χ0n) is 16.7. The molecule has 28 heavy (non-hydrogen) atoms. The first-order valence-electron chi connectivity index (χ1n) is 9.46. The minimum absolute atomic E-state index is 0.0873. The Morgan fingerprint density at radius 3 is 2.79 bits per heavy atom. The van der Waals surface area contributed by atoms with E-state index in [1.807, 2.05) is 28.7 Å². The van der Waals surface area contributed by atoms with Gasteiger partial charge in [0.1, 0.15) is 5.75 Å². The number of carbonyl (C=O) groups is 1. The van der Waals surface area contributed by atoms with E-state index in [9.17, 15) is 9.90 Å². The van der Waals surface area contributed by atoms with Gasteiger partial charge in [-0.25, -0.2) is 5.43 Å². The van der Waals surface area contributed by atoms with Crippen LogP contribution in [0.2, 0.25) is 0 Å². The molecule has 0 saturated carbocycles. The van der Waals surface area contributed by atoms with Crippen LogP contribution in [0.25, 0.3) is 0 Å². The van der Waals surface area contributed by atoms with Gasteiger partial charge in [0, 0.05) is 23.3 Å². The highest BCUT2D eigenvalue weighted by Crippen LogP contribution is 2.43. The summed E-state index contributed by atoms with van der Waals surface area (Å²) in [5, 5.41) is 13.8. The Bertz CT molecular complexity index is 924. The number of nitrogens with one attached hydrogen (secondary N) is 1. The summed E-state index contributed by atoms with van der Waals surface area (Å²) in [7, 11) is 0. The SMILES string of the molecule is CCN1c2ccc(/C=N\NC(=O)c3ccc(I)c(O)c3)cc2C(C)CC1(C)C. The highest BCUT2D eigenvalue weighted by Gasteiger charge is 2.35. The highest BCUT2D eigenvalue weighted by molar-refractivity contribution is 14.1. The van der Waals surface area contributed by atoms with Crippen LogP contribution in [0.3, 0.4) is 0 Å². The van der Waals surface area contributed by atoms with Crippen LogP contribution in [0.1, 0.15) is 61.5 Å². The number of aromatic hydroxyl groups is 1. The number of phenols is 1. The quantitative estimate of drug-likeness (QED) is 0.365. The summed E-state index contributed by atoms with van der Waals surface area (Å²) in [4.78, 5) is 14.6. The van der Waals surface area contributed by atoms with E-state index in [2.05, 4.69) is 55.3 Å². The Hall–Kier alpha value is -2.09. The molecule has 0 radical (unpaired) electrons. The Kier molecular flexibility index (Phi) is 5.98. The number of benzene rings is 2. The molecule has 0 bridgehead atoms. The maximum absolute atomic E-state index is 12.2. The van der Waals surface area contributed by atoms with Crippen LogP contribution in [-0.4, -0.2) is 29.3 Å². The summed E-state index contributed by atoms with van der Waals surface area (Å²) in [5.74, 6) is 0.197. The molecule has 2 aromatic rings.